The number of para-hydroxylation sites is 1. The molecule has 8 nitrogen and oxygen atoms in total. The Morgan fingerprint density at radius 1 is 1.30 bits per heavy atom. The van der Waals surface area contributed by atoms with Gasteiger partial charge in [-0.25, -0.2) is 4.79 Å². The first kappa shape index (κ1) is 18.6. The molecule has 142 valence electrons. The van der Waals surface area contributed by atoms with Crippen LogP contribution in [-0.4, -0.2) is 40.0 Å². The number of hydrogen-bond acceptors (Lipinski definition) is 6. The van der Waals surface area contributed by atoms with Crippen molar-refractivity contribution in [1.82, 2.24) is 9.78 Å². The van der Waals surface area contributed by atoms with Crippen LogP contribution < -0.4 is 10.3 Å². The molecule has 1 unspecified atom stereocenters. The van der Waals surface area contributed by atoms with Crippen molar-refractivity contribution in [3.05, 3.63) is 42.7 Å². The second-order valence-electron chi connectivity index (χ2n) is 6.46. The van der Waals surface area contributed by atoms with E-state index in [0.29, 0.717) is 5.69 Å². The second kappa shape index (κ2) is 8.03. The molecule has 0 bridgehead atoms. The van der Waals surface area contributed by atoms with E-state index < -0.39 is 12.0 Å². The molecule has 0 spiro atoms. The lowest BCUT2D eigenvalue weighted by Crippen LogP contribution is -2.38. The summed E-state index contributed by atoms with van der Waals surface area (Å²) in [6.07, 6.45) is 3.56. The van der Waals surface area contributed by atoms with E-state index >= 15 is 0 Å². The molecule has 0 radical (unpaired) electrons. The summed E-state index contributed by atoms with van der Waals surface area (Å²) in [6.45, 7) is 6.01. The zero-order valence-corrected chi connectivity index (χ0v) is 15.6. The number of esters is 1. The molecule has 0 saturated carbocycles. The molecule has 2 heterocycles. The quantitative estimate of drug-likeness (QED) is 0.791. The van der Waals surface area contributed by atoms with Crippen LogP contribution in [0.25, 0.3) is 0 Å². The Kier molecular flexibility index (Phi) is 5.54. The van der Waals surface area contributed by atoms with Crippen LogP contribution in [0.1, 0.15) is 33.2 Å². The van der Waals surface area contributed by atoms with Crippen molar-refractivity contribution < 1.29 is 14.3 Å². The number of amides is 1. The van der Waals surface area contributed by atoms with Gasteiger partial charge in [0.1, 0.15) is 11.8 Å². The Hall–Kier alpha value is -3.16. The predicted molar refractivity (Wildman–Crippen MR) is 103 cm³/mol. The molecular weight excluding hydrogens is 346 g/mol. The van der Waals surface area contributed by atoms with Gasteiger partial charge in [0.2, 0.25) is 5.91 Å². The summed E-state index contributed by atoms with van der Waals surface area (Å²) in [7, 11) is 0. The van der Waals surface area contributed by atoms with Crippen molar-refractivity contribution in [2.24, 2.45) is 5.10 Å². The molecule has 1 atom stereocenters. The first-order valence-electron chi connectivity index (χ1n) is 8.93. The summed E-state index contributed by atoms with van der Waals surface area (Å²) in [5, 5.41) is 13.0. The van der Waals surface area contributed by atoms with Gasteiger partial charge < -0.3 is 10.1 Å². The van der Waals surface area contributed by atoms with Crippen LogP contribution in [-0.2, 0) is 14.3 Å². The molecule has 1 N–H and O–H groups in total. The van der Waals surface area contributed by atoms with Crippen molar-refractivity contribution in [1.29, 1.82) is 0 Å². The molecule has 27 heavy (non-hydrogen) atoms. The summed E-state index contributed by atoms with van der Waals surface area (Å²) < 4.78 is 6.81. The zero-order chi connectivity index (χ0) is 19.4. The van der Waals surface area contributed by atoms with Crippen LogP contribution in [0.4, 0.5) is 11.4 Å². The molecule has 3 rings (SSSR count). The predicted octanol–water partition coefficient (Wildman–Crippen LogP) is 2.60. The zero-order valence-electron chi connectivity index (χ0n) is 15.6. The molecule has 1 amide bonds. The molecule has 0 aliphatic carbocycles. The third kappa shape index (κ3) is 4.16. The van der Waals surface area contributed by atoms with E-state index in [4.69, 9.17) is 4.74 Å². The fraction of sp³-hybridized carbons (Fsp3) is 0.368. The maximum Gasteiger partial charge on any atom is 0.354 e. The van der Waals surface area contributed by atoms with Crippen LogP contribution in [0.3, 0.4) is 0 Å². The van der Waals surface area contributed by atoms with Crippen LogP contribution in [0.15, 0.2) is 47.8 Å². The fourth-order valence-electron chi connectivity index (χ4n) is 2.78. The average Bonchev–Trinajstić information content (AvgIpc) is 3.30. The topological polar surface area (TPSA) is 88.8 Å². The number of anilines is 2. The van der Waals surface area contributed by atoms with Gasteiger partial charge in [-0.1, -0.05) is 18.2 Å². The Morgan fingerprint density at radius 2 is 2.04 bits per heavy atom. The molecule has 1 aliphatic heterocycles. The number of carbonyl (C=O) groups excluding carboxylic acids is 2. The van der Waals surface area contributed by atoms with E-state index in [2.05, 4.69) is 15.5 Å². The van der Waals surface area contributed by atoms with E-state index in [-0.39, 0.29) is 30.7 Å². The Bertz CT molecular complexity index is 844. The van der Waals surface area contributed by atoms with Gasteiger partial charge in [-0.2, -0.15) is 10.2 Å². The maximum absolute atomic E-state index is 12.9. The van der Waals surface area contributed by atoms with Gasteiger partial charge in [0.15, 0.2) is 0 Å². The summed E-state index contributed by atoms with van der Waals surface area (Å²) >= 11 is 0. The van der Waals surface area contributed by atoms with E-state index in [1.807, 2.05) is 44.2 Å². The average molecular weight is 369 g/mol. The van der Waals surface area contributed by atoms with Gasteiger partial charge >= 0.3 is 5.97 Å². The molecule has 0 fully saturated rings. The highest BCUT2D eigenvalue weighted by atomic mass is 16.5. The highest BCUT2D eigenvalue weighted by Crippen LogP contribution is 2.26. The number of rotatable bonds is 6. The number of ether oxygens (including phenoxy) is 1. The van der Waals surface area contributed by atoms with Gasteiger partial charge in [-0.3, -0.25) is 14.5 Å². The van der Waals surface area contributed by atoms with Crippen molar-refractivity contribution in [3.8, 4) is 0 Å². The highest BCUT2D eigenvalue weighted by Gasteiger charge is 2.37. The summed E-state index contributed by atoms with van der Waals surface area (Å²) in [4.78, 5) is 25.0. The molecule has 2 aromatic rings. The van der Waals surface area contributed by atoms with Crippen LogP contribution in [0, 0.1) is 0 Å². The van der Waals surface area contributed by atoms with Crippen molar-refractivity contribution >= 4 is 29.0 Å². The van der Waals surface area contributed by atoms with E-state index in [0.717, 1.165) is 5.69 Å². The Morgan fingerprint density at radius 3 is 2.67 bits per heavy atom. The monoisotopic (exact) mass is 369 g/mol. The highest BCUT2D eigenvalue weighted by molar-refractivity contribution is 6.38. The third-order valence-electron chi connectivity index (χ3n) is 4.14. The van der Waals surface area contributed by atoms with Gasteiger partial charge in [0.05, 0.1) is 24.2 Å². The van der Waals surface area contributed by atoms with Crippen molar-refractivity contribution in [2.45, 2.75) is 39.3 Å². The fourth-order valence-corrected chi connectivity index (χ4v) is 2.78. The van der Waals surface area contributed by atoms with E-state index in [1.54, 1.807) is 29.0 Å². The van der Waals surface area contributed by atoms with Crippen LogP contribution >= 0.6 is 0 Å². The smallest absolute Gasteiger partial charge is 0.354 e. The lowest BCUT2D eigenvalue weighted by atomic mass is 10.1. The molecular formula is C19H23N5O3. The van der Waals surface area contributed by atoms with Gasteiger partial charge in [0.25, 0.3) is 0 Å². The minimum absolute atomic E-state index is 0.178. The van der Waals surface area contributed by atoms with E-state index in [9.17, 15) is 9.59 Å². The first-order valence-corrected chi connectivity index (χ1v) is 8.93. The minimum Gasteiger partial charge on any atom is -0.461 e. The van der Waals surface area contributed by atoms with E-state index in [1.165, 1.54) is 0 Å². The maximum atomic E-state index is 12.9. The number of aromatic nitrogens is 2. The molecule has 1 aliphatic rings. The lowest BCUT2D eigenvalue weighted by molar-refractivity contribution is -0.135. The number of carbonyl (C=O) groups is 2. The number of hydrogen-bond donors (Lipinski definition) is 1. The Balaban J connectivity index is 1.81. The standard InChI is InChI=1S/C19H23N5O3/c1-4-27-19(26)16-10-17(24(22-16)15-8-6-5-7-9-15)18(25)21-14-11-20-23(12-14)13(2)3/h5-9,11-13,17H,4,10H2,1-3H3,(H,21,25). The van der Waals surface area contributed by atoms with Gasteiger partial charge in [0, 0.05) is 18.7 Å². The summed E-state index contributed by atoms with van der Waals surface area (Å²) in [5.41, 5.74) is 1.57. The molecule has 0 saturated heterocycles. The lowest BCUT2D eigenvalue weighted by Gasteiger charge is -2.22. The summed E-state index contributed by atoms with van der Waals surface area (Å²) in [5.74, 6) is -0.758. The molecule has 1 aromatic carbocycles. The number of benzene rings is 1. The first-order chi connectivity index (χ1) is 13.0. The SMILES string of the molecule is CCOC(=O)C1=NN(c2ccccc2)C(C(=O)Nc2cnn(C(C)C)c2)C1. The Labute approximate surface area is 157 Å². The number of hydrazone groups is 1. The largest absolute Gasteiger partial charge is 0.461 e. The number of nitrogens with zero attached hydrogens (tertiary/aromatic N) is 4. The van der Waals surface area contributed by atoms with Crippen LogP contribution in [0.5, 0.6) is 0 Å². The van der Waals surface area contributed by atoms with Gasteiger partial charge in [-0.05, 0) is 32.9 Å². The third-order valence-corrected chi connectivity index (χ3v) is 4.14. The second-order valence-corrected chi connectivity index (χ2v) is 6.46. The molecule has 1 aromatic heterocycles. The number of nitrogens with one attached hydrogen (secondary N) is 1. The van der Waals surface area contributed by atoms with Crippen molar-refractivity contribution in [2.75, 3.05) is 16.9 Å². The normalized spacial score (nSPS) is 16.4. The molecule has 8 heteroatoms. The minimum atomic E-state index is -0.644. The summed E-state index contributed by atoms with van der Waals surface area (Å²) in [6, 6.07) is 8.83. The van der Waals surface area contributed by atoms with Crippen molar-refractivity contribution in [3.63, 3.8) is 0 Å². The van der Waals surface area contributed by atoms with Gasteiger partial charge in [-0.15, -0.1) is 0 Å². The van der Waals surface area contributed by atoms with Crippen LogP contribution in [0.2, 0.25) is 0 Å².